The van der Waals surface area contributed by atoms with E-state index in [2.05, 4.69) is 5.32 Å². The average Bonchev–Trinajstić information content (AvgIpc) is 2.85. The van der Waals surface area contributed by atoms with Crippen LogP contribution >= 0.6 is 0 Å². The highest BCUT2D eigenvalue weighted by Crippen LogP contribution is 2.31. The lowest BCUT2D eigenvalue weighted by Gasteiger charge is -2.12. The van der Waals surface area contributed by atoms with Crippen LogP contribution in [0, 0.1) is 35.3 Å². The number of ether oxygens (including phenoxy) is 2. The van der Waals surface area contributed by atoms with Crippen molar-refractivity contribution in [3.8, 4) is 17.6 Å². The smallest absolute Gasteiger partial charge is 0.343 e. The minimum Gasteiger partial charge on any atom is -0.490 e. The Labute approximate surface area is 207 Å². The standard InChI is InChI=1S/C27H23N3O6/c1-4-35-25-15-19(8-12-24(25)36-27(32)20-9-5-17(2)6-10-20)14-21(16-28)26(31)29-22-11-7-18(3)13-23(22)30(33)34/h5-15H,4H2,1-3H3,(H,29,31)/b21-14+. The lowest BCUT2D eigenvalue weighted by Crippen LogP contribution is -2.14. The number of carbonyl (C=O) groups is 2. The molecule has 0 heterocycles. The molecule has 182 valence electrons. The number of anilines is 1. The van der Waals surface area contributed by atoms with E-state index in [1.165, 1.54) is 30.3 Å². The van der Waals surface area contributed by atoms with Crippen molar-refractivity contribution in [3.05, 3.63) is 98.6 Å². The van der Waals surface area contributed by atoms with Crippen molar-refractivity contribution in [3.63, 3.8) is 0 Å². The first-order valence-corrected chi connectivity index (χ1v) is 11.0. The fourth-order valence-electron chi connectivity index (χ4n) is 3.22. The van der Waals surface area contributed by atoms with E-state index in [1.54, 1.807) is 50.2 Å². The van der Waals surface area contributed by atoms with Gasteiger partial charge in [0.25, 0.3) is 11.6 Å². The van der Waals surface area contributed by atoms with Crippen molar-refractivity contribution in [1.82, 2.24) is 0 Å². The van der Waals surface area contributed by atoms with Crippen LogP contribution in [-0.2, 0) is 4.79 Å². The van der Waals surface area contributed by atoms with Gasteiger partial charge in [-0.3, -0.25) is 14.9 Å². The van der Waals surface area contributed by atoms with Gasteiger partial charge >= 0.3 is 5.97 Å². The van der Waals surface area contributed by atoms with Crippen LogP contribution in [0.1, 0.15) is 34.0 Å². The summed E-state index contributed by atoms with van der Waals surface area (Å²) < 4.78 is 11.1. The third-order valence-corrected chi connectivity index (χ3v) is 5.03. The molecular weight excluding hydrogens is 462 g/mol. The van der Waals surface area contributed by atoms with E-state index in [-0.39, 0.29) is 35.1 Å². The molecule has 3 aromatic carbocycles. The lowest BCUT2D eigenvalue weighted by molar-refractivity contribution is -0.384. The van der Waals surface area contributed by atoms with Crippen LogP contribution in [0.3, 0.4) is 0 Å². The Morgan fingerprint density at radius 3 is 2.36 bits per heavy atom. The van der Waals surface area contributed by atoms with Crippen molar-refractivity contribution in [2.45, 2.75) is 20.8 Å². The van der Waals surface area contributed by atoms with Crippen LogP contribution in [0.4, 0.5) is 11.4 Å². The number of nitro groups is 1. The molecule has 1 amide bonds. The molecule has 0 aliphatic carbocycles. The van der Waals surface area contributed by atoms with E-state index < -0.39 is 16.8 Å². The number of hydrogen-bond donors (Lipinski definition) is 1. The van der Waals surface area contributed by atoms with E-state index in [9.17, 15) is 25.0 Å². The molecule has 0 spiro atoms. The van der Waals surface area contributed by atoms with Crippen LogP contribution in [0.25, 0.3) is 6.08 Å². The van der Waals surface area contributed by atoms with E-state index in [0.717, 1.165) is 5.56 Å². The van der Waals surface area contributed by atoms with E-state index in [1.807, 2.05) is 13.0 Å². The number of esters is 1. The molecule has 9 nitrogen and oxygen atoms in total. The quantitative estimate of drug-likeness (QED) is 0.113. The summed E-state index contributed by atoms with van der Waals surface area (Å²) in [6, 6.07) is 17.7. The van der Waals surface area contributed by atoms with Crippen molar-refractivity contribution < 1.29 is 24.0 Å². The molecule has 9 heteroatoms. The zero-order valence-corrected chi connectivity index (χ0v) is 19.9. The molecule has 0 saturated carbocycles. The molecule has 1 N–H and O–H groups in total. The van der Waals surface area contributed by atoms with Gasteiger partial charge in [-0.2, -0.15) is 5.26 Å². The lowest BCUT2D eigenvalue weighted by atomic mass is 10.1. The number of nitrogens with zero attached hydrogens (tertiary/aromatic N) is 2. The Balaban J connectivity index is 1.85. The predicted molar refractivity (Wildman–Crippen MR) is 134 cm³/mol. The van der Waals surface area contributed by atoms with Crippen LogP contribution in [0.5, 0.6) is 11.5 Å². The summed E-state index contributed by atoms with van der Waals surface area (Å²) >= 11 is 0. The fourth-order valence-corrected chi connectivity index (χ4v) is 3.22. The number of hydrogen-bond acceptors (Lipinski definition) is 7. The first-order chi connectivity index (χ1) is 17.2. The summed E-state index contributed by atoms with van der Waals surface area (Å²) in [4.78, 5) is 35.9. The molecular formula is C27H23N3O6. The van der Waals surface area contributed by atoms with Gasteiger partial charge in [0.1, 0.15) is 17.3 Å². The van der Waals surface area contributed by atoms with Gasteiger partial charge in [0.2, 0.25) is 0 Å². The number of benzene rings is 3. The van der Waals surface area contributed by atoms with Crippen LogP contribution in [0.2, 0.25) is 0 Å². The van der Waals surface area contributed by atoms with Gasteiger partial charge in [0, 0.05) is 6.07 Å². The third kappa shape index (κ3) is 6.33. The molecule has 0 aromatic heterocycles. The highest BCUT2D eigenvalue weighted by atomic mass is 16.6. The molecule has 0 aliphatic rings. The summed E-state index contributed by atoms with van der Waals surface area (Å²) in [6.07, 6.45) is 1.31. The largest absolute Gasteiger partial charge is 0.490 e. The molecule has 3 aromatic rings. The van der Waals surface area contributed by atoms with Gasteiger partial charge in [-0.05, 0) is 68.3 Å². The molecule has 0 atom stereocenters. The first kappa shape index (κ1) is 25.6. The second-order valence-electron chi connectivity index (χ2n) is 7.80. The van der Waals surface area contributed by atoms with Gasteiger partial charge in [-0.1, -0.05) is 29.8 Å². The number of carbonyl (C=O) groups excluding carboxylic acids is 2. The highest BCUT2D eigenvalue weighted by Gasteiger charge is 2.19. The highest BCUT2D eigenvalue weighted by molar-refractivity contribution is 6.10. The molecule has 0 aliphatic heterocycles. The Bertz CT molecular complexity index is 1390. The topological polar surface area (TPSA) is 132 Å². The molecule has 0 radical (unpaired) electrons. The summed E-state index contributed by atoms with van der Waals surface area (Å²) in [5.74, 6) is -0.940. The number of rotatable bonds is 8. The molecule has 0 saturated heterocycles. The first-order valence-electron chi connectivity index (χ1n) is 11.0. The number of nitriles is 1. The second kappa shape index (κ2) is 11.4. The summed E-state index contributed by atoms with van der Waals surface area (Å²) in [5, 5.41) is 23.3. The SMILES string of the molecule is CCOc1cc(/C=C(\C#N)C(=O)Nc2ccc(C)cc2[N+](=O)[O-])ccc1OC(=O)c1ccc(C)cc1. The molecule has 0 unspecified atom stereocenters. The van der Waals surface area contributed by atoms with E-state index in [0.29, 0.717) is 16.7 Å². The zero-order valence-electron chi connectivity index (χ0n) is 19.9. The maximum absolute atomic E-state index is 12.7. The summed E-state index contributed by atoms with van der Waals surface area (Å²) in [6.45, 7) is 5.64. The van der Waals surface area contributed by atoms with Crippen molar-refractivity contribution in [1.29, 1.82) is 5.26 Å². The van der Waals surface area contributed by atoms with Gasteiger partial charge in [0.15, 0.2) is 11.5 Å². The Morgan fingerprint density at radius 1 is 1.03 bits per heavy atom. The Hall–Kier alpha value is -4.97. The molecule has 0 fully saturated rings. The number of nitro benzene ring substituents is 1. The minimum atomic E-state index is -0.808. The number of nitrogens with one attached hydrogen (secondary N) is 1. The van der Waals surface area contributed by atoms with Crippen LogP contribution < -0.4 is 14.8 Å². The zero-order chi connectivity index (χ0) is 26.2. The molecule has 0 bridgehead atoms. The Morgan fingerprint density at radius 2 is 1.72 bits per heavy atom. The van der Waals surface area contributed by atoms with Crippen LogP contribution in [-0.4, -0.2) is 23.4 Å². The van der Waals surface area contributed by atoms with Crippen molar-refractivity contribution >= 4 is 29.3 Å². The van der Waals surface area contributed by atoms with Gasteiger partial charge in [-0.25, -0.2) is 4.79 Å². The van der Waals surface area contributed by atoms with Gasteiger partial charge < -0.3 is 14.8 Å². The summed E-state index contributed by atoms with van der Waals surface area (Å²) in [5.41, 5.74) is 1.88. The summed E-state index contributed by atoms with van der Waals surface area (Å²) in [7, 11) is 0. The minimum absolute atomic E-state index is 0.0230. The Kier molecular flexibility index (Phi) is 8.15. The average molecular weight is 485 g/mol. The second-order valence-corrected chi connectivity index (χ2v) is 7.80. The third-order valence-electron chi connectivity index (χ3n) is 5.03. The van der Waals surface area contributed by atoms with Crippen molar-refractivity contribution in [2.24, 2.45) is 0 Å². The van der Waals surface area contributed by atoms with E-state index in [4.69, 9.17) is 9.47 Å². The fraction of sp³-hybridized carbons (Fsp3) is 0.148. The van der Waals surface area contributed by atoms with Crippen LogP contribution in [0.15, 0.2) is 66.2 Å². The monoisotopic (exact) mass is 485 g/mol. The molecule has 36 heavy (non-hydrogen) atoms. The molecule has 3 rings (SSSR count). The maximum Gasteiger partial charge on any atom is 0.343 e. The van der Waals surface area contributed by atoms with Crippen molar-refractivity contribution in [2.75, 3.05) is 11.9 Å². The van der Waals surface area contributed by atoms with Gasteiger partial charge in [-0.15, -0.1) is 0 Å². The number of aryl methyl sites for hydroxylation is 2. The van der Waals surface area contributed by atoms with Gasteiger partial charge in [0.05, 0.1) is 17.1 Å². The van der Waals surface area contributed by atoms with E-state index >= 15 is 0 Å². The number of amides is 1. The maximum atomic E-state index is 12.7. The predicted octanol–water partition coefficient (Wildman–Crippen LogP) is 5.38. The normalized spacial score (nSPS) is 10.8.